The quantitative estimate of drug-likeness (QED) is 0.754. The summed E-state index contributed by atoms with van der Waals surface area (Å²) in [5, 5.41) is 7.70. The lowest BCUT2D eigenvalue weighted by Crippen LogP contribution is -2.36. The number of aromatic nitrogens is 1. The number of carbonyl (C=O) groups is 1. The molecule has 5 nitrogen and oxygen atoms in total. The Kier molecular flexibility index (Phi) is 4.78. The van der Waals surface area contributed by atoms with Crippen molar-refractivity contribution in [3.05, 3.63) is 52.9 Å². The van der Waals surface area contributed by atoms with Crippen LogP contribution in [0, 0.1) is 0 Å². The van der Waals surface area contributed by atoms with E-state index >= 15 is 0 Å². The fraction of sp³-hybridized carbons (Fsp3) is 0.222. The molecule has 3 aromatic rings. The minimum Gasteiger partial charge on any atom is -0.378 e. The number of thiazole rings is 1. The number of anilines is 2. The third-order valence-corrected chi connectivity index (χ3v) is 5.85. The SMILES string of the molecule is O=C(Nc1ccccc1N1CCOCC1)c1csc(-c2cccs2)n1. The summed E-state index contributed by atoms with van der Waals surface area (Å²) in [7, 11) is 0. The summed E-state index contributed by atoms with van der Waals surface area (Å²) in [5.41, 5.74) is 2.28. The van der Waals surface area contributed by atoms with Crippen molar-refractivity contribution < 1.29 is 9.53 Å². The fourth-order valence-corrected chi connectivity index (χ4v) is 4.35. The Morgan fingerprint density at radius 2 is 1.96 bits per heavy atom. The number of hydrogen-bond acceptors (Lipinski definition) is 6. The van der Waals surface area contributed by atoms with Crippen molar-refractivity contribution in [1.82, 2.24) is 4.98 Å². The van der Waals surface area contributed by atoms with E-state index in [1.165, 1.54) is 11.3 Å². The molecule has 0 aliphatic carbocycles. The molecular weight excluding hydrogens is 354 g/mol. The highest BCUT2D eigenvalue weighted by Crippen LogP contribution is 2.29. The average Bonchev–Trinajstić information content (AvgIpc) is 3.34. The molecule has 0 radical (unpaired) electrons. The van der Waals surface area contributed by atoms with E-state index in [1.54, 1.807) is 11.3 Å². The lowest BCUT2D eigenvalue weighted by atomic mass is 10.2. The van der Waals surface area contributed by atoms with Crippen LogP contribution in [0.4, 0.5) is 11.4 Å². The van der Waals surface area contributed by atoms with Gasteiger partial charge in [-0.15, -0.1) is 22.7 Å². The highest BCUT2D eigenvalue weighted by atomic mass is 32.1. The van der Waals surface area contributed by atoms with Crippen molar-refractivity contribution in [2.75, 3.05) is 36.5 Å². The lowest BCUT2D eigenvalue weighted by Gasteiger charge is -2.30. The van der Waals surface area contributed by atoms with Crippen LogP contribution in [-0.2, 0) is 4.74 Å². The van der Waals surface area contributed by atoms with Crippen LogP contribution in [0.1, 0.15) is 10.5 Å². The minimum absolute atomic E-state index is 0.181. The smallest absolute Gasteiger partial charge is 0.275 e. The lowest BCUT2D eigenvalue weighted by molar-refractivity contribution is 0.102. The molecule has 2 aromatic heterocycles. The Balaban J connectivity index is 1.53. The van der Waals surface area contributed by atoms with E-state index in [4.69, 9.17) is 4.74 Å². The van der Waals surface area contributed by atoms with Crippen LogP contribution in [0.3, 0.4) is 0 Å². The normalized spacial score (nSPS) is 14.5. The predicted molar refractivity (Wildman–Crippen MR) is 103 cm³/mol. The highest BCUT2D eigenvalue weighted by molar-refractivity contribution is 7.20. The maximum Gasteiger partial charge on any atom is 0.275 e. The number of amides is 1. The van der Waals surface area contributed by atoms with Crippen LogP contribution in [0.2, 0.25) is 0 Å². The molecule has 0 atom stereocenters. The third kappa shape index (κ3) is 3.58. The van der Waals surface area contributed by atoms with E-state index in [2.05, 4.69) is 15.2 Å². The summed E-state index contributed by atoms with van der Waals surface area (Å²) in [5.74, 6) is -0.181. The van der Waals surface area contributed by atoms with Crippen LogP contribution < -0.4 is 10.2 Å². The zero-order chi connectivity index (χ0) is 17.1. The van der Waals surface area contributed by atoms with Crippen LogP contribution in [0.15, 0.2) is 47.2 Å². The van der Waals surface area contributed by atoms with Gasteiger partial charge in [0.05, 0.1) is 29.5 Å². The molecule has 0 spiro atoms. The molecule has 1 saturated heterocycles. The second-order valence-corrected chi connectivity index (χ2v) is 7.39. The van der Waals surface area contributed by atoms with Gasteiger partial charge < -0.3 is 15.0 Å². The second-order valence-electron chi connectivity index (χ2n) is 5.59. The molecular formula is C18H17N3O2S2. The van der Waals surface area contributed by atoms with Crippen LogP contribution in [0.5, 0.6) is 0 Å². The highest BCUT2D eigenvalue weighted by Gasteiger charge is 2.18. The van der Waals surface area contributed by atoms with E-state index in [0.29, 0.717) is 18.9 Å². The molecule has 1 aromatic carbocycles. The number of nitrogens with one attached hydrogen (secondary N) is 1. The van der Waals surface area contributed by atoms with Gasteiger partial charge in [-0.25, -0.2) is 4.98 Å². The molecule has 0 unspecified atom stereocenters. The van der Waals surface area contributed by atoms with E-state index in [-0.39, 0.29) is 5.91 Å². The Morgan fingerprint density at radius 1 is 1.12 bits per heavy atom. The van der Waals surface area contributed by atoms with Crippen molar-refractivity contribution in [3.63, 3.8) is 0 Å². The Hall–Kier alpha value is -2.22. The van der Waals surface area contributed by atoms with E-state index in [1.807, 2.05) is 47.2 Å². The largest absolute Gasteiger partial charge is 0.378 e. The van der Waals surface area contributed by atoms with Gasteiger partial charge in [-0.3, -0.25) is 4.79 Å². The minimum atomic E-state index is -0.181. The van der Waals surface area contributed by atoms with Crippen molar-refractivity contribution in [1.29, 1.82) is 0 Å². The van der Waals surface area contributed by atoms with Gasteiger partial charge in [0.1, 0.15) is 10.7 Å². The summed E-state index contributed by atoms with van der Waals surface area (Å²) in [6.07, 6.45) is 0. The molecule has 128 valence electrons. The first-order valence-electron chi connectivity index (χ1n) is 8.04. The van der Waals surface area contributed by atoms with E-state index < -0.39 is 0 Å². The monoisotopic (exact) mass is 371 g/mol. The second kappa shape index (κ2) is 7.35. The Bertz CT molecular complexity index is 855. The molecule has 0 saturated carbocycles. The number of para-hydroxylation sites is 2. The first-order chi connectivity index (χ1) is 12.3. The first kappa shape index (κ1) is 16.3. The molecule has 4 rings (SSSR count). The number of benzene rings is 1. The van der Waals surface area contributed by atoms with Gasteiger partial charge in [0.25, 0.3) is 5.91 Å². The average molecular weight is 371 g/mol. The number of morpholine rings is 1. The standard InChI is InChI=1S/C18H17N3O2S2/c22-17(14-12-25-18(20-14)16-6-3-11-24-16)19-13-4-1-2-5-15(13)21-7-9-23-10-8-21/h1-6,11-12H,7-10H2,(H,19,22). The topological polar surface area (TPSA) is 54.5 Å². The number of thiophene rings is 1. The van der Waals surface area contributed by atoms with Crippen LogP contribution in [0.25, 0.3) is 9.88 Å². The zero-order valence-electron chi connectivity index (χ0n) is 13.5. The van der Waals surface area contributed by atoms with Crippen LogP contribution in [-0.4, -0.2) is 37.2 Å². The molecule has 25 heavy (non-hydrogen) atoms. The predicted octanol–water partition coefficient (Wildman–Crippen LogP) is 3.96. The van der Waals surface area contributed by atoms with Gasteiger partial charge in [-0.05, 0) is 23.6 Å². The van der Waals surface area contributed by atoms with Gasteiger partial charge in [-0.2, -0.15) is 0 Å². The van der Waals surface area contributed by atoms with Crippen LogP contribution >= 0.6 is 22.7 Å². The van der Waals surface area contributed by atoms with Gasteiger partial charge in [0.2, 0.25) is 0 Å². The molecule has 3 heterocycles. The molecule has 1 aliphatic heterocycles. The molecule has 1 N–H and O–H groups in total. The van der Waals surface area contributed by atoms with Gasteiger partial charge in [0.15, 0.2) is 0 Å². The number of rotatable bonds is 4. The maximum absolute atomic E-state index is 12.6. The van der Waals surface area contributed by atoms with Crippen molar-refractivity contribution in [2.24, 2.45) is 0 Å². The van der Waals surface area contributed by atoms with Crippen molar-refractivity contribution >= 4 is 40.0 Å². The molecule has 1 aliphatic rings. The van der Waals surface area contributed by atoms with E-state index in [0.717, 1.165) is 34.3 Å². The van der Waals surface area contributed by atoms with Gasteiger partial charge in [-0.1, -0.05) is 18.2 Å². The first-order valence-corrected chi connectivity index (χ1v) is 9.80. The fourth-order valence-electron chi connectivity index (χ4n) is 2.74. The zero-order valence-corrected chi connectivity index (χ0v) is 15.1. The summed E-state index contributed by atoms with van der Waals surface area (Å²) in [6, 6.07) is 11.9. The number of nitrogens with zero attached hydrogens (tertiary/aromatic N) is 2. The maximum atomic E-state index is 12.6. The number of ether oxygens (including phenoxy) is 1. The molecule has 0 bridgehead atoms. The van der Waals surface area contributed by atoms with Crippen molar-refractivity contribution in [2.45, 2.75) is 0 Å². The molecule has 1 amide bonds. The Labute approximate surface area is 153 Å². The van der Waals surface area contributed by atoms with Crippen molar-refractivity contribution in [3.8, 4) is 9.88 Å². The molecule has 1 fully saturated rings. The Morgan fingerprint density at radius 3 is 2.76 bits per heavy atom. The number of hydrogen-bond donors (Lipinski definition) is 1. The summed E-state index contributed by atoms with van der Waals surface area (Å²) >= 11 is 3.11. The summed E-state index contributed by atoms with van der Waals surface area (Å²) < 4.78 is 5.41. The van der Waals surface area contributed by atoms with Gasteiger partial charge >= 0.3 is 0 Å². The summed E-state index contributed by atoms with van der Waals surface area (Å²) in [4.78, 5) is 20.4. The third-order valence-electron chi connectivity index (χ3n) is 3.97. The van der Waals surface area contributed by atoms with Gasteiger partial charge in [0, 0.05) is 18.5 Å². The summed E-state index contributed by atoms with van der Waals surface area (Å²) in [6.45, 7) is 3.06. The number of carbonyl (C=O) groups excluding carboxylic acids is 1. The molecule has 7 heteroatoms. The van der Waals surface area contributed by atoms with E-state index in [9.17, 15) is 4.79 Å².